The Morgan fingerprint density at radius 2 is 1.92 bits per heavy atom. The Bertz CT molecular complexity index is 693. The van der Waals surface area contributed by atoms with Crippen LogP contribution in [0.3, 0.4) is 0 Å². The normalized spacial score (nSPS) is 17.2. The number of nitrogens with one attached hydrogen (secondary N) is 2. The van der Waals surface area contributed by atoms with Crippen molar-refractivity contribution in [3.8, 4) is 0 Å². The van der Waals surface area contributed by atoms with Gasteiger partial charge in [0.1, 0.15) is 10.3 Å². The second-order valence-corrected chi connectivity index (χ2v) is 9.10. The molecule has 0 radical (unpaired) electrons. The molecule has 0 saturated carbocycles. The van der Waals surface area contributed by atoms with Gasteiger partial charge in [-0.25, -0.2) is 8.42 Å². The summed E-state index contributed by atoms with van der Waals surface area (Å²) >= 11 is 1.11. The van der Waals surface area contributed by atoms with Crippen molar-refractivity contribution >= 4 is 33.2 Å². The maximum absolute atomic E-state index is 12.6. The topological polar surface area (TPSA) is 95.6 Å². The Labute approximate surface area is 146 Å². The summed E-state index contributed by atoms with van der Waals surface area (Å²) in [5.74, 6) is -0.585. The zero-order chi connectivity index (χ0) is 17.7. The highest BCUT2D eigenvalue weighted by Crippen LogP contribution is 2.27. The van der Waals surface area contributed by atoms with Gasteiger partial charge in [0, 0.05) is 25.0 Å². The van der Waals surface area contributed by atoms with E-state index < -0.39 is 16.1 Å². The van der Waals surface area contributed by atoms with Crippen LogP contribution in [-0.2, 0) is 26.0 Å². The van der Waals surface area contributed by atoms with Crippen LogP contribution in [0.4, 0.5) is 0 Å². The first-order valence-electron chi connectivity index (χ1n) is 7.94. The van der Waals surface area contributed by atoms with Gasteiger partial charge in [-0.05, 0) is 31.9 Å². The predicted octanol–water partition coefficient (Wildman–Crippen LogP) is 0.716. The molecule has 0 unspecified atom stereocenters. The fourth-order valence-electron chi connectivity index (χ4n) is 2.56. The minimum atomic E-state index is -3.46. The molecular weight excluding hydrogens is 350 g/mol. The first kappa shape index (κ1) is 18.9. The van der Waals surface area contributed by atoms with Gasteiger partial charge in [0.25, 0.3) is 10.0 Å². The van der Waals surface area contributed by atoms with E-state index in [1.807, 2.05) is 0 Å². The third kappa shape index (κ3) is 4.55. The molecule has 7 nitrogen and oxygen atoms in total. The average Bonchev–Trinajstić information content (AvgIpc) is 3.03. The quantitative estimate of drug-likeness (QED) is 0.768. The molecule has 2 rings (SSSR count). The van der Waals surface area contributed by atoms with Gasteiger partial charge in [0.2, 0.25) is 11.8 Å². The Kier molecular flexibility index (Phi) is 6.36. The predicted molar refractivity (Wildman–Crippen MR) is 92.3 cm³/mol. The van der Waals surface area contributed by atoms with Gasteiger partial charge < -0.3 is 10.6 Å². The zero-order valence-corrected chi connectivity index (χ0v) is 15.5. The summed E-state index contributed by atoms with van der Waals surface area (Å²) in [5, 5.41) is 5.04. The van der Waals surface area contributed by atoms with Gasteiger partial charge in [0.15, 0.2) is 0 Å². The monoisotopic (exact) mass is 373 g/mol. The number of amides is 2. The SMILES string of the molecule is CNC(=O)[C@H](C)NC(=O)Cc1ccc(S(=O)(=O)N2CCCCC2)s1. The number of piperidine rings is 1. The molecule has 0 aromatic carbocycles. The van der Waals surface area contributed by atoms with Crippen LogP contribution in [0.15, 0.2) is 16.3 Å². The van der Waals surface area contributed by atoms with Crippen molar-refractivity contribution in [2.45, 2.75) is 42.9 Å². The first-order chi connectivity index (χ1) is 11.3. The van der Waals surface area contributed by atoms with Crippen LogP contribution in [0.1, 0.15) is 31.1 Å². The molecule has 2 amide bonds. The van der Waals surface area contributed by atoms with Crippen LogP contribution in [-0.4, -0.2) is 50.7 Å². The Hall–Kier alpha value is -1.45. The molecule has 134 valence electrons. The fourth-order valence-corrected chi connectivity index (χ4v) is 5.58. The van der Waals surface area contributed by atoms with Crippen molar-refractivity contribution in [1.82, 2.24) is 14.9 Å². The highest BCUT2D eigenvalue weighted by molar-refractivity contribution is 7.91. The van der Waals surface area contributed by atoms with E-state index >= 15 is 0 Å². The standard InChI is InChI=1S/C15H23N3O4S2/c1-11(15(20)16-2)17-13(19)10-12-6-7-14(23-12)24(21,22)18-8-4-3-5-9-18/h6-7,11H,3-5,8-10H2,1-2H3,(H,16,20)(H,17,19)/t11-/m0/s1. The van der Waals surface area contributed by atoms with Crippen LogP contribution in [0.25, 0.3) is 0 Å². The van der Waals surface area contributed by atoms with Crippen molar-refractivity contribution in [3.63, 3.8) is 0 Å². The molecule has 0 spiro atoms. The van der Waals surface area contributed by atoms with Gasteiger partial charge in [-0.1, -0.05) is 6.42 Å². The number of likely N-dealkylation sites (N-methyl/N-ethyl adjacent to an activating group) is 1. The van der Waals surface area contributed by atoms with Gasteiger partial charge >= 0.3 is 0 Å². The number of thiophene rings is 1. The number of hydrogen-bond acceptors (Lipinski definition) is 5. The molecular formula is C15H23N3O4S2. The van der Waals surface area contributed by atoms with E-state index in [1.54, 1.807) is 19.1 Å². The third-order valence-corrected chi connectivity index (χ3v) is 7.35. The summed E-state index contributed by atoms with van der Waals surface area (Å²) in [4.78, 5) is 24.0. The Balaban J connectivity index is 2.00. The molecule has 1 aromatic heterocycles. The Morgan fingerprint density at radius 1 is 1.25 bits per heavy atom. The summed E-state index contributed by atoms with van der Waals surface area (Å²) < 4.78 is 26.9. The maximum atomic E-state index is 12.6. The second-order valence-electron chi connectivity index (χ2n) is 5.77. The largest absolute Gasteiger partial charge is 0.357 e. The molecule has 2 heterocycles. The van der Waals surface area contributed by atoms with Gasteiger partial charge in [-0.3, -0.25) is 9.59 Å². The molecule has 0 bridgehead atoms. The number of nitrogens with zero attached hydrogens (tertiary/aromatic N) is 1. The van der Waals surface area contributed by atoms with Gasteiger partial charge in [-0.2, -0.15) is 4.31 Å². The van der Waals surface area contributed by atoms with Crippen molar-refractivity contribution in [2.75, 3.05) is 20.1 Å². The summed E-state index contributed by atoms with van der Waals surface area (Å²) in [6, 6.07) is 2.59. The van der Waals surface area contributed by atoms with E-state index in [9.17, 15) is 18.0 Å². The molecule has 1 fully saturated rings. The van der Waals surface area contributed by atoms with Gasteiger partial charge in [0.05, 0.1) is 6.42 Å². The fraction of sp³-hybridized carbons (Fsp3) is 0.600. The first-order valence-corrected chi connectivity index (χ1v) is 10.2. The summed E-state index contributed by atoms with van der Waals surface area (Å²) in [6.45, 7) is 2.71. The molecule has 9 heteroatoms. The smallest absolute Gasteiger partial charge is 0.252 e. The maximum Gasteiger partial charge on any atom is 0.252 e. The third-order valence-electron chi connectivity index (χ3n) is 3.90. The number of hydrogen-bond donors (Lipinski definition) is 2. The van der Waals surface area contributed by atoms with E-state index in [0.29, 0.717) is 18.0 Å². The summed E-state index contributed by atoms with van der Waals surface area (Å²) in [7, 11) is -1.96. The number of rotatable bonds is 6. The number of carbonyl (C=O) groups excluding carboxylic acids is 2. The molecule has 1 saturated heterocycles. The minimum absolute atomic E-state index is 0.0571. The lowest BCUT2D eigenvalue weighted by Gasteiger charge is -2.25. The van der Waals surface area contributed by atoms with E-state index in [4.69, 9.17) is 0 Å². The molecule has 1 aromatic rings. The number of carbonyl (C=O) groups is 2. The number of sulfonamides is 1. The minimum Gasteiger partial charge on any atom is -0.357 e. The van der Waals surface area contributed by atoms with Crippen LogP contribution < -0.4 is 10.6 Å². The molecule has 1 aliphatic rings. The van der Waals surface area contributed by atoms with Crippen molar-refractivity contribution in [2.24, 2.45) is 0 Å². The summed E-state index contributed by atoms with van der Waals surface area (Å²) in [5.41, 5.74) is 0. The van der Waals surface area contributed by atoms with E-state index in [0.717, 1.165) is 30.6 Å². The molecule has 24 heavy (non-hydrogen) atoms. The highest BCUT2D eigenvalue weighted by Gasteiger charge is 2.27. The van der Waals surface area contributed by atoms with E-state index in [1.165, 1.54) is 11.4 Å². The van der Waals surface area contributed by atoms with Gasteiger partial charge in [-0.15, -0.1) is 11.3 Å². The van der Waals surface area contributed by atoms with Crippen LogP contribution in [0.2, 0.25) is 0 Å². The molecule has 1 aliphatic heterocycles. The van der Waals surface area contributed by atoms with E-state index in [-0.39, 0.29) is 22.4 Å². The van der Waals surface area contributed by atoms with Crippen molar-refractivity contribution < 1.29 is 18.0 Å². The molecule has 2 N–H and O–H groups in total. The Morgan fingerprint density at radius 3 is 2.54 bits per heavy atom. The lowest BCUT2D eigenvalue weighted by molar-refractivity contribution is -0.127. The van der Waals surface area contributed by atoms with E-state index in [2.05, 4.69) is 10.6 Å². The average molecular weight is 374 g/mol. The van der Waals surface area contributed by atoms with Crippen molar-refractivity contribution in [3.05, 3.63) is 17.0 Å². The summed E-state index contributed by atoms with van der Waals surface area (Å²) in [6.07, 6.45) is 2.89. The highest BCUT2D eigenvalue weighted by atomic mass is 32.2. The van der Waals surface area contributed by atoms with Crippen LogP contribution >= 0.6 is 11.3 Å². The lowest BCUT2D eigenvalue weighted by atomic mass is 10.2. The zero-order valence-electron chi connectivity index (χ0n) is 13.9. The van der Waals surface area contributed by atoms with Crippen molar-refractivity contribution in [1.29, 1.82) is 0 Å². The lowest BCUT2D eigenvalue weighted by Crippen LogP contribution is -2.44. The second kappa shape index (κ2) is 8.09. The molecule has 1 atom stereocenters. The molecule has 0 aliphatic carbocycles. The van der Waals surface area contributed by atoms with Crippen LogP contribution in [0.5, 0.6) is 0 Å². The van der Waals surface area contributed by atoms with Crippen LogP contribution in [0, 0.1) is 0 Å².